The van der Waals surface area contributed by atoms with E-state index in [1.54, 1.807) is 18.2 Å². The third-order valence-electron chi connectivity index (χ3n) is 2.22. The molecule has 0 heterocycles. The summed E-state index contributed by atoms with van der Waals surface area (Å²) in [4.78, 5) is 13.2. The zero-order valence-corrected chi connectivity index (χ0v) is 10.8. The van der Waals surface area contributed by atoms with Crippen molar-refractivity contribution in [1.29, 1.82) is 10.5 Å². The molecule has 1 amide bonds. The van der Waals surface area contributed by atoms with Crippen molar-refractivity contribution in [2.24, 2.45) is 0 Å². The fourth-order valence-electron chi connectivity index (χ4n) is 1.40. The minimum absolute atomic E-state index is 0.00560. The Morgan fingerprint density at radius 3 is 2.58 bits per heavy atom. The van der Waals surface area contributed by atoms with Crippen LogP contribution in [0.3, 0.4) is 0 Å². The van der Waals surface area contributed by atoms with E-state index in [2.05, 4.69) is 5.32 Å². The second-order valence-electron chi connectivity index (χ2n) is 3.75. The van der Waals surface area contributed by atoms with Crippen LogP contribution in [0.1, 0.15) is 0 Å². The maximum absolute atomic E-state index is 11.8. The molecule has 0 aliphatic rings. The average molecular weight is 278 g/mol. The van der Waals surface area contributed by atoms with Gasteiger partial charge < -0.3 is 11.1 Å². The van der Waals surface area contributed by atoms with Gasteiger partial charge in [-0.15, -0.1) is 0 Å². The van der Waals surface area contributed by atoms with Gasteiger partial charge in [0.2, 0.25) is 5.91 Å². The fraction of sp³-hybridized carbons (Fsp3) is 0.250. The normalized spacial score (nSPS) is 9.68. The van der Waals surface area contributed by atoms with Crippen LogP contribution in [-0.4, -0.2) is 30.4 Å². The van der Waals surface area contributed by atoms with E-state index in [0.29, 0.717) is 16.4 Å². The van der Waals surface area contributed by atoms with Crippen molar-refractivity contribution < 1.29 is 4.79 Å². The quantitative estimate of drug-likeness (QED) is 0.621. The lowest BCUT2D eigenvalue weighted by atomic mass is 10.3. The van der Waals surface area contributed by atoms with Crippen molar-refractivity contribution >= 4 is 28.9 Å². The van der Waals surface area contributed by atoms with E-state index in [1.807, 2.05) is 12.1 Å². The number of hydrogen-bond acceptors (Lipinski definition) is 5. The molecule has 0 fully saturated rings. The molecule has 0 aliphatic carbocycles. The summed E-state index contributed by atoms with van der Waals surface area (Å²) in [5.74, 6) is -0.363. The molecule has 98 valence electrons. The maximum Gasteiger partial charge on any atom is 0.238 e. The molecule has 0 radical (unpaired) electrons. The summed E-state index contributed by atoms with van der Waals surface area (Å²) in [5.41, 5.74) is 6.47. The minimum Gasteiger partial charge on any atom is -0.399 e. The Hall–Kier alpha value is -2.28. The van der Waals surface area contributed by atoms with Crippen molar-refractivity contribution in [1.82, 2.24) is 4.90 Å². The first-order chi connectivity index (χ1) is 9.06. The van der Waals surface area contributed by atoms with E-state index < -0.39 is 0 Å². The largest absolute Gasteiger partial charge is 0.399 e. The SMILES string of the molecule is N#CCN(CC#N)CC(=O)Nc1cc(N)ccc1Cl. The standard InChI is InChI=1S/C12H12ClN5O/c13-10-2-1-9(16)7-11(10)17-12(19)8-18(5-3-14)6-4-15/h1-2,7H,5-6,8,16H2,(H,17,19). The summed E-state index contributed by atoms with van der Waals surface area (Å²) in [6, 6.07) is 8.52. The Labute approximate surface area is 116 Å². The van der Waals surface area contributed by atoms with Crippen LogP contribution in [-0.2, 0) is 4.79 Å². The first kappa shape index (κ1) is 14.8. The van der Waals surface area contributed by atoms with Crippen LogP contribution >= 0.6 is 11.6 Å². The molecule has 1 aromatic rings. The second kappa shape index (κ2) is 7.22. The number of benzene rings is 1. The summed E-state index contributed by atoms with van der Waals surface area (Å²) in [7, 11) is 0. The molecule has 19 heavy (non-hydrogen) atoms. The Morgan fingerprint density at radius 1 is 1.37 bits per heavy atom. The monoisotopic (exact) mass is 277 g/mol. The highest BCUT2D eigenvalue weighted by molar-refractivity contribution is 6.33. The number of anilines is 2. The zero-order valence-electron chi connectivity index (χ0n) is 10.1. The Morgan fingerprint density at radius 2 is 2.00 bits per heavy atom. The van der Waals surface area contributed by atoms with Crippen LogP contribution < -0.4 is 11.1 Å². The Kier molecular flexibility index (Phi) is 5.62. The van der Waals surface area contributed by atoms with Crippen LogP contribution in [0.4, 0.5) is 11.4 Å². The predicted molar refractivity (Wildman–Crippen MR) is 72.2 cm³/mol. The lowest BCUT2D eigenvalue weighted by molar-refractivity contribution is -0.117. The first-order valence-electron chi connectivity index (χ1n) is 5.38. The molecule has 3 N–H and O–H groups in total. The van der Waals surface area contributed by atoms with E-state index in [0.717, 1.165) is 0 Å². The molecule has 6 nitrogen and oxygen atoms in total. The molecule has 0 unspecified atom stereocenters. The second-order valence-corrected chi connectivity index (χ2v) is 4.16. The molecule has 7 heteroatoms. The van der Waals surface area contributed by atoms with Gasteiger partial charge in [-0.3, -0.25) is 9.69 Å². The van der Waals surface area contributed by atoms with E-state index in [4.69, 9.17) is 27.9 Å². The molecular weight excluding hydrogens is 266 g/mol. The van der Waals surface area contributed by atoms with Gasteiger partial charge in [-0.1, -0.05) is 11.6 Å². The van der Waals surface area contributed by atoms with E-state index in [1.165, 1.54) is 4.90 Å². The molecule has 0 aromatic heterocycles. The highest BCUT2D eigenvalue weighted by atomic mass is 35.5. The van der Waals surface area contributed by atoms with Crippen molar-refractivity contribution in [3.63, 3.8) is 0 Å². The third kappa shape index (κ3) is 4.84. The van der Waals surface area contributed by atoms with Crippen molar-refractivity contribution in [2.75, 3.05) is 30.7 Å². The summed E-state index contributed by atoms with van der Waals surface area (Å²) in [6.07, 6.45) is 0. The highest BCUT2D eigenvalue weighted by Gasteiger charge is 2.11. The number of nitrogens with one attached hydrogen (secondary N) is 1. The number of hydrogen-bond donors (Lipinski definition) is 2. The van der Waals surface area contributed by atoms with Crippen LogP contribution in [0, 0.1) is 22.7 Å². The smallest absolute Gasteiger partial charge is 0.238 e. The molecule has 0 spiro atoms. The number of amides is 1. The molecule has 1 aromatic carbocycles. The number of rotatable bonds is 5. The van der Waals surface area contributed by atoms with Crippen LogP contribution in [0.2, 0.25) is 5.02 Å². The summed E-state index contributed by atoms with van der Waals surface area (Å²) >= 11 is 5.91. The topological polar surface area (TPSA) is 106 Å². The van der Waals surface area contributed by atoms with E-state index in [9.17, 15) is 4.79 Å². The Balaban J connectivity index is 2.67. The summed E-state index contributed by atoms with van der Waals surface area (Å²) < 4.78 is 0. The van der Waals surface area contributed by atoms with Gasteiger partial charge in [0.25, 0.3) is 0 Å². The molecule has 0 aliphatic heterocycles. The lowest BCUT2D eigenvalue weighted by Crippen LogP contribution is -2.33. The molecular formula is C12H12ClN5O. The van der Waals surface area contributed by atoms with Crippen molar-refractivity contribution in [3.8, 4) is 12.1 Å². The number of carbonyl (C=O) groups excluding carboxylic acids is 1. The van der Waals surface area contributed by atoms with Gasteiger partial charge >= 0.3 is 0 Å². The average Bonchev–Trinajstić information content (AvgIpc) is 2.34. The van der Waals surface area contributed by atoms with Gasteiger partial charge in [0.15, 0.2) is 0 Å². The summed E-state index contributed by atoms with van der Waals surface area (Å²) in [6.45, 7) is -0.0521. The van der Waals surface area contributed by atoms with Crippen molar-refractivity contribution in [3.05, 3.63) is 23.2 Å². The Bertz CT molecular complexity index is 530. The third-order valence-corrected chi connectivity index (χ3v) is 2.55. The zero-order chi connectivity index (χ0) is 14.3. The van der Waals surface area contributed by atoms with E-state index in [-0.39, 0.29) is 25.5 Å². The number of nitrogens with zero attached hydrogens (tertiary/aromatic N) is 3. The van der Waals surface area contributed by atoms with Crippen LogP contribution in [0.5, 0.6) is 0 Å². The van der Waals surface area contributed by atoms with Gasteiger partial charge in [-0.2, -0.15) is 10.5 Å². The highest BCUT2D eigenvalue weighted by Crippen LogP contribution is 2.23. The van der Waals surface area contributed by atoms with Crippen LogP contribution in [0.15, 0.2) is 18.2 Å². The number of nitrogens with two attached hydrogens (primary N) is 1. The van der Waals surface area contributed by atoms with Gasteiger partial charge in [-0.05, 0) is 18.2 Å². The predicted octanol–water partition coefficient (Wildman–Crippen LogP) is 1.21. The van der Waals surface area contributed by atoms with Crippen molar-refractivity contribution in [2.45, 2.75) is 0 Å². The summed E-state index contributed by atoms with van der Waals surface area (Å²) in [5, 5.41) is 20.1. The molecule has 0 saturated heterocycles. The maximum atomic E-state index is 11.8. The van der Waals surface area contributed by atoms with Gasteiger partial charge in [0.1, 0.15) is 0 Å². The number of nitriles is 2. The van der Waals surface area contributed by atoms with Crippen LogP contribution in [0.25, 0.3) is 0 Å². The lowest BCUT2D eigenvalue weighted by Gasteiger charge is -2.15. The van der Waals surface area contributed by atoms with Gasteiger partial charge in [0.05, 0.1) is 42.5 Å². The van der Waals surface area contributed by atoms with Gasteiger partial charge in [-0.25, -0.2) is 0 Å². The van der Waals surface area contributed by atoms with E-state index >= 15 is 0 Å². The minimum atomic E-state index is -0.363. The molecule has 0 saturated carbocycles. The number of carbonyl (C=O) groups is 1. The molecule has 1 rings (SSSR count). The molecule has 0 atom stereocenters. The number of nitrogen functional groups attached to an aromatic ring is 1. The first-order valence-corrected chi connectivity index (χ1v) is 5.75. The molecule has 0 bridgehead atoms. The fourth-order valence-corrected chi connectivity index (χ4v) is 1.56. The number of halogens is 1. The van der Waals surface area contributed by atoms with Gasteiger partial charge in [0, 0.05) is 5.69 Å².